The fraction of sp³-hybridized carbons (Fsp3) is 0. The van der Waals surface area contributed by atoms with Crippen molar-refractivity contribution in [2.75, 3.05) is 0 Å². The molecule has 18 heavy (non-hydrogen) atoms. The summed E-state index contributed by atoms with van der Waals surface area (Å²) in [7, 11) is 0. The zero-order valence-electron chi connectivity index (χ0n) is 9.13. The van der Waals surface area contributed by atoms with Gasteiger partial charge in [0.2, 0.25) is 0 Å². The van der Waals surface area contributed by atoms with Crippen molar-refractivity contribution in [1.82, 2.24) is 10.2 Å². The summed E-state index contributed by atoms with van der Waals surface area (Å²) in [5.74, 6) is -0.580. The predicted molar refractivity (Wildman–Crippen MR) is 66.2 cm³/mol. The van der Waals surface area contributed by atoms with Gasteiger partial charge < -0.3 is 10.6 Å². The number of amidine groups is 1. The van der Waals surface area contributed by atoms with Crippen LogP contribution in [0.4, 0.5) is 0 Å². The highest BCUT2D eigenvalue weighted by Gasteiger charge is 2.08. The molecule has 3 N–H and O–H groups in total. The van der Waals surface area contributed by atoms with Crippen molar-refractivity contribution in [2.45, 2.75) is 0 Å². The van der Waals surface area contributed by atoms with Gasteiger partial charge in [0.1, 0.15) is 5.69 Å². The number of carbonyl (C=O) groups is 1. The molecule has 0 atom stereocenters. The highest BCUT2D eigenvalue weighted by Crippen LogP contribution is 2.10. The van der Waals surface area contributed by atoms with Crippen molar-refractivity contribution in [2.24, 2.45) is 10.9 Å². The third-order valence-corrected chi connectivity index (χ3v) is 2.34. The molecular weight excluding hydrogens is 256 g/mol. The van der Waals surface area contributed by atoms with E-state index in [9.17, 15) is 4.79 Å². The molecular formula is C11H9ClN4O2. The molecule has 0 spiro atoms. The zero-order chi connectivity index (χ0) is 13.0. The van der Waals surface area contributed by atoms with Crippen molar-refractivity contribution in [3.8, 4) is 0 Å². The Kier molecular flexibility index (Phi) is 3.59. The van der Waals surface area contributed by atoms with Crippen LogP contribution in [0.5, 0.6) is 0 Å². The fourth-order valence-electron chi connectivity index (χ4n) is 1.18. The Morgan fingerprint density at radius 2 is 2.06 bits per heavy atom. The van der Waals surface area contributed by atoms with Gasteiger partial charge in [-0.3, -0.25) is 5.10 Å². The van der Waals surface area contributed by atoms with E-state index in [0.717, 1.165) is 0 Å². The van der Waals surface area contributed by atoms with Crippen LogP contribution in [-0.4, -0.2) is 22.0 Å². The SMILES string of the molecule is N/C(=N\OC(=O)c1ccc(Cl)cc1)c1ccn[nH]1. The highest BCUT2D eigenvalue weighted by atomic mass is 35.5. The van der Waals surface area contributed by atoms with Crippen LogP contribution in [0.25, 0.3) is 0 Å². The first kappa shape index (κ1) is 12.1. The Hall–Kier alpha value is -2.34. The molecule has 1 aromatic carbocycles. The van der Waals surface area contributed by atoms with E-state index in [1.807, 2.05) is 0 Å². The summed E-state index contributed by atoms with van der Waals surface area (Å²) in [5, 5.41) is 10.3. The molecule has 0 aliphatic rings. The number of nitrogens with two attached hydrogens (primary N) is 1. The van der Waals surface area contributed by atoms with Gasteiger partial charge in [-0.2, -0.15) is 5.10 Å². The first-order chi connectivity index (χ1) is 8.66. The van der Waals surface area contributed by atoms with E-state index in [1.165, 1.54) is 18.3 Å². The monoisotopic (exact) mass is 264 g/mol. The summed E-state index contributed by atoms with van der Waals surface area (Å²) in [6.45, 7) is 0. The summed E-state index contributed by atoms with van der Waals surface area (Å²) >= 11 is 5.70. The van der Waals surface area contributed by atoms with Gasteiger partial charge in [0, 0.05) is 11.2 Å². The minimum absolute atomic E-state index is 0.0369. The van der Waals surface area contributed by atoms with E-state index in [0.29, 0.717) is 16.3 Å². The van der Waals surface area contributed by atoms with Crippen LogP contribution in [0.2, 0.25) is 5.02 Å². The fourth-order valence-corrected chi connectivity index (χ4v) is 1.30. The number of hydrogen-bond donors (Lipinski definition) is 2. The minimum Gasteiger partial charge on any atom is -0.379 e. The lowest BCUT2D eigenvalue weighted by Gasteiger charge is -1.99. The topological polar surface area (TPSA) is 93.4 Å². The van der Waals surface area contributed by atoms with Crippen molar-refractivity contribution >= 4 is 23.4 Å². The molecule has 0 bridgehead atoms. The van der Waals surface area contributed by atoms with Crippen LogP contribution in [0.15, 0.2) is 41.7 Å². The maximum atomic E-state index is 11.6. The second-order valence-electron chi connectivity index (χ2n) is 3.33. The van der Waals surface area contributed by atoms with E-state index < -0.39 is 5.97 Å². The van der Waals surface area contributed by atoms with Crippen molar-refractivity contribution in [1.29, 1.82) is 0 Å². The maximum absolute atomic E-state index is 11.6. The van der Waals surface area contributed by atoms with Crippen LogP contribution in [0, 0.1) is 0 Å². The van der Waals surface area contributed by atoms with Gasteiger partial charge in [0.05, 0.1) is 5.56 Å². The van der Waals surface area contributed by atoms with E-state index in [4.69, 9.17) is 17.3 Å². The molecule has 7 heteroatoms. The lowest BCUT2D eigenvalue weighted by atomic mass is 10.2. The van der Waals surface area contributed by atoms with Crippen LogP contribution in [-0.2, 0) is 4.84 Å². The molecule has 2 aromatic rings. The Morgan fingerprint density at radius 1 is 1.33 bits per heavy atom. The average molecular weight is 265 g/mol. The first-order valence-corrected chi connectivity index (χ1v) is 5.35. The number of rotatable bonds is 3. The number of oxime groups is 1. The average Bonchev–Trinajstić information content (AvgIpc) is 2.90. The number of nitrogens with one attached hydrogen (secondary N) is 1. The Morgan fingerprint density at radius 3 is 2.67 bits per heavy atom. The number of hydrogen-bond acceptors (Lipinski definition) is 4. The zero-order valence-corrected chi connectivity index (χ0v) is 9.89. The van der Waals surface area contributed by atoms with E-state index >= 15 is 0 Å². The summed E-state index contributed by atoms with van der Waals surface area (Å²) < 4.78 is 0. The molecule has 0 fully saturated rings. The standard InChI is InChI=1S/C11H9ClN4O2/c12-8-3-1-7(2-4-8)11(17)18-16-10(13)9-5-6-14-15-9/h1-6H,(H2,13,16)(H,14,15). The first-order valence-electron chi connectivity index (χ1n) is 4.97. The molecule has 2 rings (SSSR count). The molecule has 1 heterocycles. The van der Waals surface area contributed by atoms with Gasteiger partial charge in [0.15, 0.2) is 5.84 Å². The summed E-state index contributed by atoms with van der Waals surface area (Å²) in [6, 6.07) is 7.84. The largest absolute Gasteiger partial charge is 0.379 e. The molecule has 0 saturated heterocycles. The molecule has 92 valence electrons. The summed E-state index contributed by atoms with van der Waals surface area (Å²) in [6.07, 6.45) is 1.51. The van der Waals surface area contributed by atoms with Gasteiger partial charge in [-0.15, -0.1) is 0 Å². The second kappa shape index (κ2) is 5.33. The van der Waals surface area contributed by atoms with Gasteiger partial charge in [-0.25, -0.2) is 4.79 Å². The molecule has 0 saturated carbocycles. The Bertz CT molecular complexity index is 563. The van der Waals surface area contributed by atoms with Gasteiger partial charge >= 0.3 is 5.97 Å². The van der Waals surface area contributed by atoms with Crippen LogP contribution in [0.3, 0.4) is 0 Å². The summed E-state index contributed by atoms with van der Waals surface area (Å²) in [4.78, 5) is 16.3. The molecule has 6 nitrogen and oxygen atoms in total. The number of carbonyl (C=O) groups excluding carboxylic acids is 1. The smallest absolute Gasteiger partial charge is 0.365 e. The molecule has 1 aromatic heterocycles. The minimum atomic E-state index is -0.617. The van der Waals surface area contributed by atoms with E-state index in [2.05, 4.69) is 20.2 Å². The normalized spacial score (nSPS) is 11.3. The number of aromatic nitrogens is 2. The van der Waals surface area contributed by atoms with Crippen molar-refractivity contribution in [3.63, 3.8) is 0 Å². The molecule has 0 radical (unpaired) electrons. The second-order valence-corrected chi connectivity index (χ2v) is 3.77. The Labute approximate surface area is 107 Å². The lowest BCUT2D eigenvalue weighted by molar-refractivity contribution is 0.0516. The Balaban J connectivity index is 2.04. The van der Waals surface area contributed by atoms with E-state index in [1.54, 1.807) is 18.2 Å². The number of nitrogens with zero attached hydrogens (tertiary/aromatic N) is 2. The van der Waals surface area contributed by atoms with Crippen molar-refractivity contribution < 1.29 is 9.63 Å². The molecule has 0 aliphatic carbocycles. The number of H-pyrrole nitrogens is 1. The predicted octanol–water partition coefficient (Wildman–Crippen LogP) is 1.54. The van der Waals surface area contributed by atoms with Gasteiger partial charge in [-0.05, 0) is 30.3 Å². The number of benzene rings is 1. The molecule has 0 unspecified atom stereocenters. The third-order valence-electron chi connectivity index (χ3n) is 2.08. The number of aromatic amines is 1. The molecule has 0 aliphatic heterocycles. The quantitative estimate of drug-likeness (QED) is 0.381. The van der Waals surface area contributed by atoms with Crippen molar-refractivity contribution in [3.05, 3.63) is 52.8 Å². The maximum Gasteiger partial charge on any atom is 0.365 e. The summed E-state index contributed by atoms with van der Waals surface area (Å²) in [5.41, 5.74) is 6.38. The molecule has 0 amide bonds. The van der Waals surface area contributed by atoms with Gasteiger partial charge in [-0.1, -0.05) is 16.8 Å². The van der Waals surface area contributed by atoms with Crippen LogP contribution in [0.1, 0.15) is 16.1 Å². The lowest BCUT2D eigenvalue weighted by Crippen LogP contribution is -2.15. The highest BCUT2D eigenvalue weighted by molar-refractivity contribution is 6.30. The number of halogens is 1. The van der Waals surface area contributed by atoms with Crippen LogP contribution < -0.4 is 5.73 Å². The van der Waals surface area contributed by atoms with E-state index in [-0.39, 0.29) is 5.84 Å². The van der Waals surface area contributed by atoms with Crippen LogP contribution >= 0.6 is 11.6 Å². The third kappa shape index (κ3) is 2.86. The van der Waals surface area contributed by atoms with Gasteiger partial charge in [0.25, 0.3) is 0 Å².